The van der Waals surface area contributed by atoms with Crippen LogP contribution in [0, 0.1) is 12.7 Å². The van der Waals surface area contributed by atoms with Crippen molar-refractivity contribution < 1.29 is 14.3 Å². The van der Waals surface area contributed by atoms with Gasteiger partial charge in [0, 0.05) is 11.5 Å². The smallest absolute Gasteiger partial charge is 0.251 e. The van der Waals surface area contributed by atoms with E-state index in [-0.39, 0.29) is 29.2 Å². The average Bonchev–Trinajstić information content (AvgIpc) is 3.13. The second kappa shape index (κ2) is 7.31. The molecular formula is C21H17FN4O3. The molecule has 29 heavy (non-hydrogen) atoms. The van der Waals surface area contributed by atoms with Crippen LogP contribution < -0.4 is 5.56 Å². The van der Waals surface area contributed by atoms with E-state index in [4.69, 9.17) is 0 Å². The molecule has 146 valence electrons. The van der Waals surface area contributed by atoms with Gasteiger partial charge in [-0.05, 0) is 48.4 Å². The Morgan fingerprint density at radius 1 is 1.14 bits per heavy atom. The van der Waals surface area contributed by atoms with Gasteiger partial charge in [-0.3, -0.25) is 9.59 Å². The Labute approximate surface area is 164 Å². The molecule has 0 bridgehead atoms. The zero-order chi connectivity index (χ0) is 20.5. The van der Waals surface area contributed by atoms with Gasteiger partial charge in [-0.25, -0.2) is 9.07 Å². The number of aryl methyl sites for hydroxylation is 1. The Hall–Kier alpha value is -3.81. The number of aromatic nitrogens is 4. The molecular weight excluding hydrogens is 375 g/mol. The normalized spacial score (nSPS) is 11.1. The van der Waals surface area contributed by atoms with Gasteiger partial charge in [-0.1, -0.05) is 11.3 Å². The number of pyridine rings is 1. The Kier molecular flexibility index (Phi) is 4.67. The van der Waals surface area contributed by atoms with Gasteiger partial charge in [0.25, 0.3) is 5.56 Å². The molecule has 2 heterocycles. The molecule has 0 unspecified atom stereocenters. The first-order valence-corrected chi connectivity index (χ1v) is 8.90. The first-order valence-electron chi connectivity index (χ1n) is 8.90. The molecule has 0 spiro atoms. The van der Waals surface area contributed by atoms with E-state index in [1.165, 1.54) is 28.8 Å². The summed E-state index contributed by atoms with van der Waals surface area (Å²) in [4.78, 5) is 23.5. The van der Waals surface area contributed by atoms with E-state index >= 15 is 0 Å². The molecule has 0 atom stereocenters. The summed E-state index contributed by atoms with van der Waals surface area (Å²) < 4.78 is 16.7. The molecule has 0 fully saturated rings. The van der Waals surface area contributed by atoms with Crippen molar-refractivity contribution in [1.82, 2.24) is 19.6 Å². The maximum atomic E-state index is 13.6. The van der Waals surface area contributed by atoms with Crippen molar-refractivity contribution in [2.24, 2.45) is 0 Å². The average molecular weight is 392 g/mol. The monoisotopic (exact) mass is 392 g/mol. The molecule has 7 nitrogen and oxygen atoms in total. The van der Waals surface area contributed by atoms with Gasteiger partial charge in [-0.15, -0.1) is 5.10 Å². The van der Waals surface area contributed by atoms with Crippen LogP contribution in [-0.2, 0) is 13.1 Å². The number of aldehydes is 1. The van der Waals surface area contributed by atoms with Crippen molar-refractivity contribution in [1.29, 1.82) is 0 Å². The minimum Gasteiger partial charge on any atom is -0.507 e. The topological polar surface area (TPSA) is 90.0 Å². The summed E-state index contributed by atoms with van der Waals surface area (Å²) >= 11 is 0. The first kappa shape index (κ1) is 18.5. The number of carbonyl (C=O) groups excluding carboxylic acids is 1. The number of nitrogens with zero attached hydrogens (tertiary/aromatic N) is 4. The SMILES string of the molecule is Cc1cc(=O)n(Cc2cn(Cc3ccc(O)c(C=O)c3)nn2)c2ccc(F)cc12. The maximum absolute atomic E-state index is 13.6. The van der Waals surface area contributed by atoms with Crippen molar-refractivity contribution in [3.05, 3.63) is 87.2 Å². The lowest BCUT2D eigenvalue weighted by Gasteiger charge is -2.10. The highest BCUT2D eigenvalue weighted by Crippen LogP contribution is 2.19. The van der Waals surface area contributed by atoms with E-state index in [1.54, 1.807) is 36.0 Å². The third-order valence-corrected chi connectivity index (χ3v) is 4.75. The lowest BCUT2D eigenvalue weighted by Crippen LogP contribution is -2.21. The van der Waals surface area contributed by atoms with E-state index in [2.05, 4.69) is 10.3 Å². The molecule has 0 aliphatic rings. The van der Waals surface area contributed by atoms with Gasteiger partial charge in [0.05, 0.1) is 30.4 Å². The highest BCUT2D eigenvalue weighted by atomic mass is 19.1. The summed E-state index contributed by atoms with van der Waals surface area (Å²) in [5.41, 5.74) is 2.67. The fraction of sp³-hybridized carbons (Fsp3) is 0.143. The van der Waals surface area contributed by atoms with Crippen LogP contribution in [0.15, 0.2) is 53.5 Å². The van der Waals surface area contributed by atoms with Crippen LogP contribution in [0.4, 0.5) is 4.39 Å². The van der Waals surface area contributed by atoms with Crippen LogP contribution in [0.2, 0.25) is 0 Å². The second-order valence-electron chi connectivity index (χ2n) is 6.83. The minimum atomic E-state index is -0.361. The lowest BCUT2D eigenvalue weighted by molar-refractivity contribution is 0.112. The zero-order valence-corrected chi connectivity index (χ0v) is 15.5. The van der Waals surface area contributed by atoms with E-state index < -0.39 is 0 Å². The predicted molar refractivity (Wildman–Crippen MR) is 105 cm³/mol. The lowest BCUT2D eigenvalue weighted by atomic mass is 10.1. The molecule has 4 rings (SSSR count). The van der Waals surface area contributed by atoms with Crippen molar-refractivity contribution in [2.75, 3.05) is 0 Å². The predicted octanol–water partition coefficient (Wildman–Crippen LogP) is 2.66. The van der Waals surface area contributed by atoms with Crippen LogP contribution >= 0.6 is 0 Å². The summed E-state index contributed by atoms with van der Waals surface area (Å²) in [7, 11) is 0. The van der Waals surface area contributed by atoms with Crippen LogP contribution in [0.3, 0.4) is 0 Å². The molecule has 0 radical (unpaired) electrons. The summed E-state index contributed by atoms with van der Waals surface area (Å²) in [6, 6.07) is 10.5. The van der Waals surface area contributed by atoms with Gasteiger partial charge in [-0.2, -0.15) is 0 Å². The van der Waals surface area contributed by atoms with Crippen molar-refractivity contribution >= 4 is 17.2 Å². The number of rotatable bonds is 5. The highest BCUT2D eigenvalue weighted by Gasteiger charge is 2.11. The van der Waals surface area contributed by atoms with Crippen molar-refractivity contribution in [3.63, 3.8) is 0 Å². The van der Waals surface area contributed by atoms with Crippen LogP contribution in [0.1, 0.15) is 27.2 Å². The number of phenols is 1. The fourth-order valence-electron chi connectivity index (χ4n) is 3.32. The Morgan fingerprint density at radius 2 is 1.97 bits per heavy atom. The highest BCUT2D eigenvalue weighted by molar-refractivity contribution is 5.82. The van der Waals surface area contributed by atoms with Gasteiger partial charge < -0.3 is 9.67 Å². The Morgan fingerprint density at radius 3 is 2.76 bits per heavy atom. The van der Waals surface area contributed by atoms with Gasteiger partial charge in [0.2, 0.25) is 0 Å². The largest absolute Gasteiger partial charge is 0.507 e. The first-order chi connectivity index (χ1) is 13.9. The summed E-state index contributed by atoms with van der Waals surface area (Å²) in [5.74, 6) is -0.439. The number of hydrogen-bond acceptors (Lipinski definition) is 5. The van der Waals surface area contributed by atoms with Crippen LogP contribution in [-0.4, -0.2) is 31.0 Å². The third-order valence-electron chi connectivity index (χ3n) is 4.75. The maximum Gasteiger partial charge on any atom is 0.251 e. The van der Waals surface area contributed by atoms with Crippen LogP contribution in [0.25, 0.3) is 10.9 Å². The van der Waals surface area contributed by atoms with Crippen molar-refractivity contribution in [3.8, 4) is 5.75 Å². The number of benzene rings is 2. The molecule has 2 aromatic carbocycles. The van der Waals surface area contributed by atoms with E-state index in [1.807, 2.05) is 0 Å². The van der Waals surface area contributed by atoms with Gasteiger partial charge in [0.15, 0.2) is 6.29 Å². The number of fused-ring (bicyclic) bond motifs is 1. The standard InChI is InChI=1S/C21H17FN4O3/c1-13-6-21(29)26(19-4-3-16(22)8-18(13)19)11-17-10-25(24-23-17)9-14-2-5-20(28)15(7-14)12-27/h2-8,10,12,28H,9,11H2,1H3. The van der Waals surface area contributed by atoms with E-state index in [0.717, 1.165) is 5.56 Å². The minimum absolute atomic E-state index is 0.0786. The molecule has 0 amide bonds. The number of carbonyl (C=O) groups is 1. The fourth-order valence-corrected chi connectivity index (χ4v) is 3.32. The number of hydrogen-bond donors (Lipinski definition) is 1. The van der Waals surface area contributed by atoms with Crippen LogP contribution in [0.5, 0.6) is 5.75 Å². The summed E-state index contributed by atoms with van der Waals surface area (Å²) in [5, 5.41) is 18.4. The molecule has 0 saturated heterocycles. The van der Waals surface area contributed by atoms with Crippen molar-refractivity contribution in [2.45, 2.75) is 20.0 Å². The molecule has 0 saturated carbocycles. The molecule has 1 N–H and O–H groups in total. The number of phenolic OH excluding ortho intramolecular Hbond substituents is 1. The summed E-state index contributed by atoms with van der Waals surface area (Å²) in [6.45, 7) is 2.31. The van der Waals surface area contributed by atoms with Gasteiger partial charge in [0.1, 0.15) is 17.3 Å². The Balaban J connectivity index is 1.63. The zero-order valence-electron chi connectivity index (χ0n) is 15.5. The number of aromatic hydroxyl groups is 1. The molecule has 2 aromatic heterocycles. The van der Waals surface area contributed by atoms with E-state index in [9.17, 15) is 19.1 Å². The molecule has 4 aromatic rings. The Bertz CT molecular complexity index is 1290. The molecule has 0 aliphatic carbocycles. The second-order valence-corrected chi connectivity index (χ2v) is 6.83. The quantitative estimate of drug-likeness (QED) is 0.528. The summed E-state index contributed by atoms with van der Waals surface area (Å²) in [6.07, 6.45) is 2.29. The molecule has 0 aliphatic heterocycles. The third kappa shape index (κ3) is 3.64. The molecule has 8 heteroatoms. The number of halogens is 1. The van der Waals surface area contributed by atoms with E-state index in [0.29, 0.717) is 35.0 Å². The van der Waals surface area contributed by atoms with Gasteiger partial charge >= 0.3 is 0 Å².